The van der Waals surface area contributed by atoms with Gasteiger partial charge in [-0.05, 0) is 25.8 Å². The van der Waals surface area contributed by atoms with Gasteiger partial charge in [-0.25, -0.2) is 0 Å². The number of ether oxygens (including phenoxy) is 2. The maximum atomic E-state index is 12.8. The molecule has 5 heteroatoms. The van der Waals surface area contributed by atoms with Crippen LogP contribution in [0.5, 0.6) is 0 Å². The van der Waals surface area contributed by atoms with Crippen LogP contribution >= 0.6 is 0 Å². The Bertz CT molecular complexity index is 709. The van der Waals surface area contributed by atoms with E-state index in [1.807, 2.05) is 36.1 Å². The fraction of sp³-hybridized carbons (Fsp3) is 0.500. The SMILES string of the molecule is Cc1c(C(=O)N2CCC(C3OCCO3)CC2)oc2ccccc12. The fourth-order valence-corrected chi connectivity index (χ4v) is 3.55. The fourth-order valence-electron chi connectivity index (χ4n) is 3.55. The van der Waals surface area contributed by atoms with Crippen LogP contribution in [0.15, 0.2) is 28.7 Å². The number of nitrogens with zero attached hydrogens (tertiary/aromatic N) is 1. The van der Waals surface area contributed by atoms with Gasteiger partial charge in [-0.3, -0.25) is 4.79 Å². The zero-order chi connectivity index (χ0) is 15.8. The zero-order valence-corrected chi connectivity index (χ0v) is 13.3. The lowest BCUT2D eigenvalue weighted by Gasteiger charge is -2.33. The molecule has 23 heavy (non-hydrogen) atoms. The van der Waals surface area contributed by atoms with Crippen LogP contribution in [0.2, 0.25) is 0 Å². The zero-order valence-electron chi connectivity index (χ0n) is 13.3. The topological polar surface area (TPSA) is 51.9 Å². The molecule has 1 aromatic carbocycles. The number of piperidine rings is 1. The molecule has 2 saturated heterocycles. The van der Waals surface area contributed by atoms with E-state index in [2.05, 4.69) is 0 Å². The number of benzene rings is 1. The lowest BCUT2D eigenvalue weighted by molar-refractivity contribution is -0.0956. The minimum atomic E-state index is -0.0832. The van der Waals surface area contributed by atoms with Crippen molar-refractivity contribution >= 4 is 16.9 Å². The van der Waals surface area contributed by atoms with Crippen LogP contribution in [0.3, 0.4) is 0 Å². The molecule has 3 heterocycles. The molecule has 5 nitrogen and oxygen atoms in total. The molecule has 0 N–H and O–H groups in total. The van der Waals surface area contributed by atoms with Gasteiger partial charge < -0.3 is 18.8 Å². The molecule has 122 valence electrons. The second kappa shape index (κ2) is 5.98. The summed E-state index contributed by atoms with van der Waals surface area (Å²) in [5, 5.41) is 1.01. The number of hydrogen-bond donors (Lipinski definition) is 0. The lowest BCUT2D eigenvalue weighted by atomic mass is 9.96. The quantitative estimate of drug-likeness (QED) is 0.855. The Labute approximate surface area is 135 Å². The Hall–Kier alpha value is -1.85. The molecule has 0 radical (unpaired) electrons. The molecule has 2 aliphatic rings. The number of amides is 1. The highest BCUT2D eigenvalue weighted by Crippen LogP contribution is 2.29. The molecular weight excluding hydrogens is 294 g/mol. The molecule has 2 fully saturated rings. The van der Waals surface area contributed by atoms with Crippen LogP contribution in [-0.2, 0) is 9.47 Å². The maximum Gasteiger partial charge on any atom is 0.289 e. The van der Waals surface area contributed by atoms with Crippen LogP contribution in [0.25, 0.3) is 11.0 Å². The molecule has 0 saturated carbocycles. The van der Waals surface area contributed by atoms with Crippen molar-refractivity contribution in [3.63, 3.8) is 0 Å². The number of para-hydroxylation sites is 1. The largest absolute Gasteiger partial charge is 0.451 e. The summed E-state index contributed by atoms with van der Waals surface area (Å²) in [4.78, 5) is 14.7. The molecule has 4 rings (SSSR count). The second-order valence-corrected chi connectivity index (χ2v) is 6.29. The summed E-state index contributed by atoms with van der Waals surface area (Å²) in [6, 6.07) is 7.78. The standard InChI is InChI=1S/C18H21NO4/c1-12-14-4-2-3-5-15(14)23-16(12)17(20)19-8-6-13(7-9-19)18-21-10-11-22-18/h2-5,13,18H,6-11H2,1H3. The minimum absolute atomic E-state index is 0.00888. The highest BCUT2D eigenvalue weighted by Gasteiger charge is 2.33. The van der Waals surface area contributed by atoms with Gasteiger partial charge in [0.05, 0.1) is 13.2 Å². The van der Waals surface area contributed by atoms with Crippen molar-refractivity contribution in [2.75, 3.05) is 26.3 Å². The van der Waals surface area contributed by atoms with E-state index in [0.717, 1.165) is 42.5 Å². The Balaban J connectivity index is 1.48. The van der Waals surface area contributed by atoms with E-state index in [9.17, 15) is 4.79 Å². The van der Waals surface area contributed by atoms with E-state index < -0.39 is 0 Å². The normalized spacial score (nSPS) is 20.5. The number of carbonyl (C=O) groups is 1. The van der Waals surface area contributed by atoms with Crippen molar-refractivity contribution < 1.29 is 18.7 Å². The average molecular weight is 315 g/mol. The van der Waals surface area contributed by atoms with Crippen LogP contribution in [-0.4, -0.2) is 43.4 Å². The van der Waals surface area contributed by atoms with Crippen molar-refractivity contribution in [3.8, 4) is 0 Å². The Kier molecular flexibility index (Phi) is 3.83. The number of fused-ring (bicyclic) bond motifs is 1. The van der Waals surface area contributed by atoms with Crippen LogP contribution in [0, 0.1) is 12.8 Å². The molecule has 0 spiro atoms. The third-order valence-electron chi connectivity index (χ3n) is 4.90. The predicted octanol–water partition coefficient (Wildman–Crippen LogP) is 2.97. The Morgan fingerprint density at radius 2 is 1.83 bits per heavy atom. The Morgan fingerprint density at radius 1 is 1.13 bits per heavy atom. The minimum Gasteiger partial charge on any atom is -0.451 e. The van der Waals surface area contributed by atoms with Crippen LogP contribution < -0.4 is 0 Å². The summed E-state index contributed by atoms with van der Waals surface area (Å²) >= 11 is 0. The molecule has 0 bridgehead atoms. The van der Waals surface area contributed by atoms with Crippen LogP contribution in [0.1, 0.15) is 29.0 Å². The third kappa shape index (κ3) is 2.64. The van der Waals surface area contributed by atoms with E-state index in [4.69, 9.17) is 13.9 Å². The molecule has 1 aromatic heterocycles. The highest BCUT2D eigenvalue weighted by molar-refractivity contribution is 5.98. The third-order valence-corrected chi connectivity index (χ3v) is 4.90. The molecule has 2 aromatic rings. The van der Waals surface area contributed by atoms with Crippen molar-refractivity contribution in [1.82, 2.24) is 4.90 Å². The first-order valence-corrected chi connectivity index (χ1v) is 8.24. The summed E-state index contributed by atoms with van der Waals surface area (Å²) in [5.41, 5.74) is 1.70. The second-order valence-electron chi connectivity index (χ2n) is 6.29. The van der Waals surface area contributed by atoms with Crippen molar-refractivity contribution in [3.05, 3.63) is 35.6 Å². The maximum absolute atomic E-state index is 12.8. The summed E-state index contributed by atoms with van der Waals surface area (Å²) in [6.07, 6.45) is 1.74. The summed E-state index contributed by atoms with van der Waals surface area (Å²) in [5.74, 6) is 0.849. The molecule has 0 aliphatic carbocycles. The summed E-state index contributed by atoms with van der Waals surface area (Å²) < 4.78 is 17.0. The van der Waals surface area contributed by atoms with E-state index in [-0.39, 0.29) is 12.2 Å². The van der Waals surface area contributed by atoms with Gasteiger partial charge >= 0.3 is 0 Å². The number of hydrogen-bond acceptors (Lipinski definition) is 4. The lowest BCUT2D eigenvalue weighted by Crippen LogP contribution is -2.41. The van der Waals surface area contributed by atoms with E-state index in [0.29, 0.717) is 24.9 Å². The molecule has 0 unspecified atom stereocenters. The van der Waals surface area contributed by atoms with Crippen molar-refractivity contribution in [2.45, 2.75) is 26.1 Å². The molecular formula is C18H21NO4. The molecule has 0 atom stereocenters. The van der Waals surface area contributed by atoms with Crippen molar-refractivity contribution in [2.24, 2.45) is 5.92 Å². The summed E-state index contributed by atoms with van der Waals surface area (Å²) in [7, 11) is 0. The number of rotatable bonds is 2. The monoisotopic (exact) mass is 315 g/mol. The van der Waals surface area contributed by atoms with Crippen molar-refractivity contribution in [1.29, 1.82) is 0 Å². The number of carbonyl (C=O) groups excluding carboxylic acids is 1. The van der Waals surface area contributed by atoms with Gasteiger partial charge in [-0.15, -0.1) is 0 Å². The van der Waals surface area contributed by atoms with Gasteiger partial charge in [0.25, 0.3) is 5.91 Å². The van der Waals surface area contributed by atoms with E-state index >= 15 is 0 Å². The van der Waals surface area contributed by atoms with Gasteiger partial charge in [0.15, 0.2) is 12.1 Å². The number of aryl methyl sites for hydroxylation is 1. The highest BCUT2D eigenvalue weighted by atomic mass is 16.7. The number of furan rings is 1. The van der Waals surface area contributed by atoms with Crippen LogP contribution in [0.4, 0.5) is 0 Å². The first-order chi connectivity index (χ1) is 11.2. The predicted molar refractivity (Wildman–Crippen MR) is 85.3 cm³/mol. The van der Waals surface area contributed by atoms with Gasteiger partial charge in [0.2, 0.25) is 0 Å². The van der Waals surface area contributed by atoms with Gasteiger partial charge in [0.1, 0.15) is 5.58 Å². The van der Waals surface area contributed by atoms with E-state index in [1.165, 1.54) is 0 Å². The van der Waals surface area contributed by atoms with Gasteiger partial charge in [0, 0.05) is 30.0 Å². The summed E-state index contributed by atoms with van der Waals surface area (Å²) in [6.45, 7) is 4.77. The molecule has 2 aliphatic heterocycles. The smallest absolute Gasteiger partial charge is 0.289 e. The van der Waals surface area contributed by atoms with Gasteiger partial charge in [-0.2, -0.15) is 0 Å². The average Bonchev–Trinajstić information content (AvgIpc) is 3.23. The number of likely N-dealkylation sites (tertiary alicyclic amines) is 1. The first-order valence-electron chi connectivity index (χ1n) is 8.24. The Morgan fingerprint density at radius 3 is 2.52 bits per heavy atom. The first kappa shape index (κ1) is 14.7. The molecule has 1 amide bonds. The van der Waals surface area contributed by atoms with E-state index in [1.54, 1.807) is 0 Å². The van der Waals surface area contributed by atoms with Gasteiger partial charge in [-0.1, -0.05) is 18.2 Å².